The lowest BCUT2D eigenvalue weighted by Crippen LogP contribution is -2.14. The van der Waals surface area contributed by atoms with E-state index in [9.17, 15) is 4.79 Å². The van der Waals surface area contributed by atoms with Crippen LogP contribution in [0.1, 0.15) is 27.3 Å². The van der Waals surface area contributed by atoms with Gasteiger partial charge in [-0.25, -0.2) is 4.98 Å². The first-order chi connectivity index (χ1) is 16.8. The summed E-state index contributed by atoms with van der Waals surface area (Å²) in [6, 6.07) is 16.5. The monoisotopic (exact) mass is 504 g/mol. The summed E-state index contributed by atoms with van der Waals surface area (Å²) in [5.74, 6) is 0.152. The van der Waals surface area contributed by atoms with Gasteiger partial charge in [0.05, 0.1) is 29.0 Å². The molecule has 176 valence electrons. The fraction of sp³-hybridized carbons (Fsp3) is 0.154. The third kappa shape index (κ3) is 4.40. The first kappa shape index (κ1) is 23.1. The van der Waals surface area contributed by atoms with Crippen LogP contribution in [0, 0.1) is 13.8 Å². The summed E-state index contributed by atoms with van der Waals surface area (Å²) in [6.45, 7) is 4.32. The molecule has 1 N–H and O–H groups in total. The number of amides is 1. The summed E-state index contributed by atoms with van der Waals surface area (Å²) < 4.78 is 3.50. The van der Waals surface area contributed by atoms with E-state index >= 15 is 0 Å². The van der Waals surface area contributed by atoms with Crippen LogP contribution in [0.5, 0.6) is 0 Å². The van der Waals surface area contributed by atoms with Crippen molar-refractivity contribution < 1.29 is 4.79 Å². The van der Waals surface area contributed by atoms with Crippen LogP contribution in [-0.2, 0) is 13.6 Å². The van der Waals surface area contributed by atoms with E-state index in [0.29, 0.717) is 33.7 Å². The number of hydrogen-bond donors (Lipinski definition) is 1. The normalized spacial score (nSPS) is 11.2. The van der Waals surface area contributed by atoms with Crippen molar-refractivity contribution in [3.63, 3.8) is 0 Å². The molecule has 0 saturated carbocycles. The first-order valence-corrected chi connectivity index (χ1v) is 11.8. The summed E-state index contributed by atoms with van der Waals surface area (Å²) in [5, 5.41) is 13.8. The number of carbonyl (C=O) groups excluding carboxylic acids is 1. The van der Waals surface area contributed by atoms with Crippen molar-refractivity contribution in [1.82, 2.24) is 24.5 Å². The van der Waals surface area contributed by atoms with E-state index in [4.69, 9.17) is 28.2 Å². The van der Waals surface area contributed by atoms with Crippen LogP contribution in [0.4, 0.5) is 5.82 Å². The number of nitrogens with one attached hydrogen (secondary N) is 1. The Hall–Kier alpha value is -3.68. The molecule has 0 radical (unpaired) electrons. The van der Waals surface area contributed by atoms with Gasteiger partial charge < -0.3 is 5.32 Å². The molecule has 5 aromatic rings. The minimum atomic E-state index is -0.273. The first-order valence-electron chi connectivity index (χ1n) is 11.0. The number of halogens is 2. The molecule has 0 aliphatic rings. The summed E-state index contributed by atoms with van der Waals surface area (Å²) in [7, 11) is 1.90. The Bertz CT molecular complexity index is 1570. The highest BCUT2D eigenvalue weighted by molar-refractivity contribution is 6.36. The Morgan fingerprint density at radius 2 is 1.74 bits per heavy atom. The minimum Gasteiger partial charge on any atom is -0.305 e. The maximum Gasteiger partial charge on any atom is 0.257 e. The average molecular weight is 505 g/mol. The van der Waals surface area contributed by atoms with Gasteiger partial charge in [0, 0.05) is 51.6 Å². The average Bonchev–Trinajstić information content (AvgIpc) is 3.38. The second-order valence-electron chi connectivity index (χ2n) is 8.29. The quantitative estimate of drug-likeness (QED) is 0.315. The topological polar surface area (TPSA) is 77.6 Å². The summed E-state index contributed by atoms with van der Waals surface area (Å²) in [5.41, 5.74) is 5.48. The van der Waals surface area contributed by atoms with Crippen molar-refractivity contribution in [2.24, 2.45) is 7.05 Å². The number of anilines is 1. The van der Waals surface area contributed by atoms with E-state index < -0.39 is 0 Å². The zero-order valence-electron chi connectivity index (χ0n) is 19.4. The smallest absolute Gasteiger partial charge is 0.257 e. The van der Waals surface area contributed by atoms with E-state index in [0.717, 1.165) is 33.4 Å². The zero-order chi connectivity index (χ0) is 24.7. The number of aryl methyl sites for hydroxylation is 2. The number of aromatic nitrogens is 5. The van der Waals surface area contributed by atoms with Crippen molar-refractivity contribution in [3.8, 4) is 11.3 Å². The largest absolute Gasteiger partial charge is 0.305 e. The van der Waals surface area contributed by atoms with Crippen LogP contribution in [-0.4, -0.2) is 30.5 Å². The molecule has 35 heavy (non-hydrogen) atoms. The van der Waals surface area contributed by atoms with Crippen LogP contribution < -0.4 is 5.32 Å². The Labute approximate surface area is 212 Å². The molecule has 0 aliphatic carbocycles. The highest BCUT2D eigenvalue weighted by atomic mass is 35.5. The molecule has 0 bridgehead atoms. The molecule has 0 spiro atoms. The van der Waals surface area contributed by atoms with Gasteiger partial charge in [-0.05, 0) is 38.1 Å². The highest BCUT2D eigenvalue weighted by Gasteiger charge is 2.19. The third-order valence-electron chi connectivity index (χ3n) is 5.99. The van der Waals surface area contributed by atoms with Crippen LogP contribution in [0.15, 0.2) is 60.8 Å². The minimum absolute atomic E-state index is 0.273. The molecule has 9 heteroatoms. The van der Waals surface area contributed by atoms with Gasteiger partial charge in [0.1, 0.15) is 0 Å². The fourth-order valence-electron chi connectivity index (χ4n) is 4.18. The zero-order valence-corrected chi connectivity index (χ0v) is 20.9. The van der Waals surface area contributed by atoms with Gasteiger partial charge in [-0.3, -0.25) is 14.2 Å². The molecule has 3 heterocycles. The maximum atomic E-state index is 13.4. The molecule has 0 saturated heterocycles. The summed E-state index contributed by atoms with van der Waals surface area (Å²) >= 11 is 12.6. The number of hydrogen-bond acceptors (Lipinski definition) is 4. The second-order valence-corrected chi connectivity index (χ2v) is 9.11. The fourth-order valence-corrected chi connectivity index (χ4v) is 4.70. The van der Waals surface area contributed by atoms with Crippen LogP contribution in [0.3, 0.4) is 0 Å². The van der Waals surface area contributed by atoms with Crippen molar-refractivity contribution in [2.75, 3.05) is 5.32 Å². The van der Waals surface area contributed by atoms with Gasteiger partial charge in [0.25, 0.3) is 5.91 Å². The van der Waals surface area contributed by atoms with E-state index in [2.05, 4.69) is 15.5 Å². The Balaban J connectivity index is 1.48. The van der Waals surface area contributed by atoms with Gasteiger partial charge in [0.15, 0.2) is 5.82 Å². The van der Waals surface area contributed by atoms with E-state index in [-0.39, 0.29) is 5.91 Å². The predicted octanol–water partition coefficient (Wildman–Crippen LogP) is 6.06. The van der Waals surface area contributed by atoms with Crippen LogP contribution in [0.2, 0.25) is 10.0 Å². The molecule has 0 fully saturated rings. The number of benzene rings is 2. The van der Waals surface area contributed by atoms with E-state index in [1.807, 2.05) is 55.9 Å². The number of carbonyl (C=O) groups is 1. The van der Waals surface area contributed by atoms with Gasteiger partial charge in [0.2, 0.25) is 0 Å². The van der Waals surface area contributed by atoms with Crippen molar-refractivity contribution in [3.05, 3.63) is 93.4 Å². The highest BCUT2D eigenvalue weighted by Crippen LogP contribution is 2.30. The molecular formula is C26H22Cl2N6O. The summed E-state index contributed by atoms with van der Waals surface area (Å²) in [6.07, 6.45) is 1.77. The summed E-state index contributed by atoms with van der Waals surface area (Å²) in [4.78, 5) is 18.2. The number of pyridine rings is 1. The second kappa shape index (κ2) is 9.17. The van der Waals surface area contributed by atoms with Crippen molar-refractivity contribution in [2.45, 2.75) is 20.4 Å². The molecule has 5 rings (SSSR count). The lowest BCUT2D eigenvalue weighted by Gasteiger charge is -2.10. The molecule has 7 nitrogen and oxygen atoms in total. The number of fused-ring (bicyclic) bond motifs is 1. The lowest BCUT2D eigenvalue weighted by molar-refractivity contribution is 0.102. The Kier molecular flexibility index (Phi) is 6.05. The number of nitrogens with zero attached hydrogens (tertiary/aromatic N) is 5. The SMILES string of the molecule is Cc1nn(C)c(C)c1-c1cc(C(=O)Nc2ccn(Cc3c(Cl)cccc3Cl)n2)c2ccccc2n1. The van der Waals surface area contributed by atoms with Crippen LogP contribution >= 0.6 is 23.2 Å². The van der Waals surface area contributed by atoms with Gasteiger partial charge in [-0.2, -0.15) is 10.2 Å². The lowest BCUT2D eigenvalue weighted by atomic mass is 10.0. The maximum absolute atomic E-state index is 13.4. The molecule has 0 aliphatic heterocycles. The Morgan fingerprint density at radius 1 is 1.00 bits per heavy atom. The molecule has 0 atom stereocenters. The molecule has 2 aromatic carbocycles. The predicted molar refractivity (Wildman–Crippen MR) is 139 cm³/mol. The number of rotatable bonds is 5. The van der Waals surface area contributed by atoms with Crippen molar-refractivity contribution >= 4 is 45.8 Å². The van der Waals surface area contributed by atoms with E-state index in [1.54, 1.807) is 35.1 Å². The van der Waals surface area contributed by atoms with Gasteiger partial charge in [-0.1, -0.05) is 47.5 Å². The van der Waals surface area contributed by atoms with Gasteiger partial charge >= 0.3 is 0 Å². The number of para-hydroxylation sites is 1. The molecule has 1 amide bonds. The molecular weight excluding hydrogens is 483 g/mol. The Morgan fingerprint density at radius 3 is 2.46 bits per heavy atom. The van der Waals surface area contributed by atoms with E-state index in [1.165, 1.54) is 0 Å². The molecule has 0 unspecified atom stereocenters. The van der Waals surface area contributed by atoms with Gasteiger partial charge in [-0.15, -0.1) is 0 Å². The standard InChI is InChI=1S/C26H22Cl2N6O/c1-15-25(16(2)33(3)31-15)23-13-18(17-7-4-5-10-22(17)29-23)26(35)30-24-11-12-34(32-24)14-19-20(27)8-6-9-21(19)28/h4-13H,14H2,1-3H3,(H,30,32,35). The third-order valence-corrected chi connectivity index (χ3v) is 6.70. The molecule has 3 aromatic heterocycles. The van der Waals surface area contributed by atoms with Crippen molar-refractivity contribution in [1.29, 1.82) is 0 Å². The van der Waals surface area contributed by atoms with Crippen LogP contribution in [0.25, 0.3) is 22.2 Å².